The minimum Gasteiger partial charge on any atom is -0.421 e. The van der Waals surface area contributed by atoms with Crippen molar-refractivity contribution in [3.05, 3.63) is 22.7 Å². The van der Waals surface area contributed by atoms with Crippen molar-refractivity contribution in [2.24, 2.45) is 0 Å². The Labute approximate surface area is 121 Å². The number of thiophene rings is 1. The maximum absolute atomic E-state index is 12.1. The predicted octanol–water partition coefficient (Wildman–Crippen LogP) is 2.74. The molecule has 0 unspecified atom stereocenters. The van der Waals surface area contributed by atoms with Gasteiger partial charge < -0.3 is 9.32 Å². The minimum absolute atomic E-state index is 0.185. The highest BCUT2D eigenvalue weighted by Crippen LogP contribution is 2.27. The summed E-state index contributed by atoms with van der Waals surface area (Å²) in [5.74, 6) is 1.25. The molecule has 0 atom stereocenters. The van der Waals surface area contributed by atoms with E-state index in [1.54, 1.807) is 11.3 Å². The van der Waals surface area contributed by atoms with Crippen LogP contribution in [0.4, 0.5) is 0 Å². The van der Waals surface area contributed by atoms with Gasteiger partial charge in [0.2, 0.25) is 17.7 Å². The number of nitrogens with zero attached hydrogens (tertiary/aromatic N) is 3. The van der Waals surface area contributed by atoms with Gasteiger partial charge in [-0.15, -0.1) is 10.2 Å². The maximum atomic E-state index is 12.1. The van der Waals surface area contributed by atoms with Crippen LogP contribution in [0.1, 0.15) is 32.1 Å². The summed E-state index contributed by atoms with van der Waals surface area (Å²) in [5, 5.41) is 12.0. The van der Waals surface area contributed by atoms with Crippen LogP contribution in [0.3, 0.4) is 0 Å². The monoisotopic (exact) mass is 291 g/mol. The SMILES string of the molecule is CCN(C(=O)CCc1nnc(-c2ccsc2)o1)C1CC1. The smallest absolute Gasteiger partial charge is 0.248 e. The molecule has 6 heteroatoms. The van der Waals surface area contributed by atoms with Crippen LogP contribution in [-0.2, 0) is 11.2 Å². The second-order valence-corrected chi connectivity index (χ2v) is 5.70. The zero-order chi connectivity index (χ0) is 13.9. The molecule has 0 radical (unpaired) electrons. The molecule has 0 saturated heterocycles. The highest BCUT2D eigenvalue weighted by Gasteiger charge is 2.31. The number of hydrogen-bond donors (Lipinski definition) is 0. The summed E-state index contributed by atoms with van der Waals surface area (Å²) in [6, 6.07) is 2.41. The van der Waals surface area contributed by atoms with E-state index in [2.05, 4.69) is 10.2 Å². The zero-order valence-corrected chi connectivity index (χ0v) is 12.2. The quantitative estimate of drug-likeness (QED) is 0.821. The van der Waals surface area contributed by atoms with Crippen molar-refractivity contribution in [2.75, 3.05) is 6.54 Å². The summed E-state index contributed by atoms with van der Waals surface area (Å²) in [4.78, 5) is 14.1. The lowest BCUT2D eigenvalue weighted by molar-refractivity contribution is -0.131. The fourth-order valence-corrected chi connectivity index (χ4v) is 2.87. The molecule has 0 bridgehead atoms. The molecule has 1 amide bonds. The van der Waals surface area contributed by atoms with Crippen LogP contribution in [0.15, 0.2) is 21.2 Å². The molecule has 1 fully saturated rings. The van der Waals surface area contributed by atoms with Crippen LogP contribution in [0.2, 0.25) is 0 Å². The molecule has 1 aliphatic carbocycles. The second kappa shape index (κ2) is 5.75. The van der Waals surface area contributed by atoms with Crippen molar-refractivity contribution >= 4 is 17.2 Å². The van der Waals surface area contributed by atoms with E-state index in [-0.39, 0.29) is 5.91 Å². The molecule has 1 aliphatic rings. The summed E-state index contributed by atoms with van der Waals surface area (Å²) in [7, 11) is 0. The summed E-state index contributed by atoms with van der Waals surface area (Å²) in [6.45, 7) is 2.81. The van der Waals surface area contributed by atoms with Gasteiger partial charge in [0, 0.05) is 36.4 Å². The van der Waals surface area contributed by atoms with Crippen LogP contribution in [-0.4, -0.2) is 33.6 Å². The highest BCUT2D eigenvalue weighted by molar-refractivity contribution is 7.08. The van der Waals surface area contributed by atoms with Gasteiger partial charge in [-0.05, 0) is 31.2 Å². The number of rotatable bonds is 6. The molecule has 3 rings (SSSR count). The summed E-state index contributed by atoms with van der Waals surface area (Å²) in [6.07, 6.45) is 3.24. The normalized spacial score (nSPS) is 14.4. The minimum atomic E-state index is 0.185. The van der Waals surface area contributed by atoms with Gasteiger partial charge in [0.1, 0.15) is 0 Å². The molecule has 2 aromatic heterocycles. The molecule has 0 aromatic carbocycles. The Hall–Kier alpha value is -1.69. The van der Waals surface area contributed by atoms with Crippen molar-refractivity contribution in [3.8, 4) is 11.5 Å². The maximum Gasteiger partial charge on any atom is 0.248 e. The fourth-order valence-electron chi connectivity index (χ4n) is 2.24. The van der Waals surface area contributed by atoms with Crippen LogP contribution >= 0.6 is 11.3 Å². The number of amides is 1. The first-order valence-electron chi connectivity index (χ1n) is 6.92. The van der Waals surface area contributed by atoms with Crippen LogP contribution < -0.4 is 0 Å². The van der Waals surface area contributed by atoms with E-state index in [1.807, 2.05) is 28.7 Å². The van der Waals surface area contributed by atoms with Crippen molar-refractivity contribution in [2.45, 2.75) is 38.6 Å². The van der Waals surface area contributed by atoms with Gasteiger partial charge in [-0.2, -0.15) is 11.3 Å². The Kier molecular flexibility index (Phi) is 3.82. The van der Waals surface area contributed by atoms with Gasteiger partial charge in [-0.3, -0.25) is 4.79 Å². The number of hydrogen-bond acceptors (Lipinski definition) is 5. The first kappa shape index (κ1) is 13.3. The third kappa shape index (κ3) is 2.90. The van der Waals surface area contributed by atoms with E-state index in [0.717, 1.165) is 24.9 Å². The first-order valence-corrected chi connectivity index (χ1v) is 7.86. The van der Waals surface area contributed by atoms with Gasteiger partial charge in [0.05, 0.1) is 0 Å². The average Bonchev–Trinajstić information content (AvgIpc) is 2.96. The Morgan fingerprint density at radius 2 is 2.35 bits per heavy atom. The molecule has 2 heterocycles. The van der Waals surface area contributed by atoms with Crippen molar-refractivity contribution in [1.82, 2.24) is 15.1 Å². The third-order valence-electron chi connectivity index (χ3n) is 3.44. The molecule has 1 saturated carbocycles. The van der Waals surface area contributed by atoms with Crippen LogP contribution in [0.5, 0.6) is 0 Å². The Morgan fingerprint density at radius 1 is 1.50 bits per heavy atom. The van der Waals surface area contributed by atoms with Gasteiger partial charge in [0.15, 0.2) is 0 Å². The lowest BCUT2D eigenvalue weighted by Gasteiger charge is -2.19. The topological polar surface area (TPSA) is 59.2 Å². The van der Waals surface area contributed by atoms with E-state index in [1.165, 1.54) is 0 Å². The molecular formula is C14H17N3O2S. The largest absolute Gasteiger partial charge is 0.421 e. The van der Waals surface area contributed by atoms with Gasteiger partial charge in [0.25, 0.3) is 0 Å². The lowest BCUT2D eigenvalue weighted by atomic mass is 10.2. The molecule has 0 N–H and O–H groups in total. The van der Waals surface area contributed by atoms with Gasteiger partial charge in [-0.1, -0.05) is 0 Å². The number of aromatic nitrogens is 2. The third-order valence-corrected chi connectivity index (χ3v) is 4.12. The number of aryl methyl sites for hydroxylation is 1. The van der Waals surface area contributed by atoms with Crippen molar-refractivity contribution < 1.29 is 9.21 Å². The lowest BCUT2D eigenvalue weighted by Crippen LogP contribution is -2.32. The van der Waals surface area contributed by atoms with E-state index >= 15 is 0 Å². The summed E-state index contributed by atoms with van der Waals surface area (Å²) >= 11 is 1.59. The second-order valence-electron chi connectivity index (χ2n) is 4.92. The van der Waals surface area contributed by atoms with E-state index in [4.69, 9.17) is 4.42 Å². The average molecular weight is 291 g/mol. The van der Waals surface area contributed by atoms with Gasteiger partial charge >= 0.3 is 0 Å². The molecule has 0 aliphatic heterocycles. The van der Waals surface area contributed by atoms with Crippen LogP contribution in [0.25, 0.3) is 11.5 Å². The number of carbonyl (C=O) groups is 1. The van der Waals surface area contributed by atoms with Crippen LogP contribution in [0, 0.1) is 0 Å². The molecule has 0 spiro atoms. The van der Waals surface area contributed by atoms with Crippen molar-refractivity contribution in [1.29, 1.82) is 0 Å². The molecule has 5 nitrogen and oxygen atoms in total. The summed E-state index contributed by atoms with van der Waals surface area (Å²) in [5.41, 5.74) is 0.938. The number of carbonyl (C=O) groups excluding carboxylic acids is 1. The Morgan fingerprint density at radius 3 is 3.00 bits per heavy atom. The molecule has 106 valence electrons. The molecule has 2 aromatic rings. The molecular weight excluding hydrogens is 274 g/mol. The Bertz CT molecular complexity index is 575. The fraction of sp³-hybridized carbons (Fsp3) is 0.500. The van der Waals surface area contributed by atoms with E-state index < -0.39 is 0 Å². The highest BCUT2D eigenvalue weighted by atomic mass is 32.1. The first-order chi connectivity index (χ1) is 9.78. The van der Waals surface area contributed by atoms with Gasteiger partial charge in [-0.25, -0.2) is 0 Å². The standard InChI is InChI=1S/C14H17N3O2S/c1-2-17(11-3-4-11)13(18)6-5-12-15-16-14(19-12)10-7-8-20-9-10/h7-9,11H,2-6H2,1H3. The van der Waals surface area contributed by atoms with E-state index in [0.29, 0.717) is 30.7 Å². The zero-order valence-electron chi connectivity index (χ0n) is 11.4. The Balaban J connectivity index is 1.57. The predicted molar refractivity (Wildman–Crippen MR) is 76.3 cm³/mol. The molecule has 20 heavy (non-hydrogen) atoms. The van der Waals surface area contributed by atoms with E-state index in [9.17, 15) is 4.79 Å². The summed E-state index contributed by atoms with van der Waals surface area (Å²) < 4.78 is 5.58. The van der Waals surface area contributed by atoms with Crippen molar-refractivity contribution in [3.63, 3.8) is 0 Å².